The van der Waals surface area contributed by atoms with Gasteiger partial charge in [0, 0.05) is 19.2 Å². The molecule has 0 atom stereocenters. The van der Waals surface area contributed by atoms with Gasteiger partial charge in [0.25, 0.3) is 0 Å². The molecule has 4 nitrogen and oxygen atoms in total. The van der Waals surface area contributed by atoms with Crippen LogP contribution >= 0.6 is 11.8 Å². The van der Waals surface area contributed by atoms with Gasteiger partial charge in [0.05, 0.1) is 5.54 Å². The summed E-state index contributed by atoms with van der Waals surface area (Å²) in [5.41, 5.74) is 6.10. The third kappa shape index (κ3) is 2.08. The first-order valence-corrected chi connectivity index (χ1v) is 6.29. The zero-order valence-electron chi connectivity index (χ0n) is 9.10. The maximum Gasteiger partial charge on any atom is 0.133 e. The predicted octanol–water partition coefficient (Wildman–Crippen LogP) is 1.13. The number of rotatable bonds is 3. The van der Waals surface area contributed by atoms with Crippen LogP contribution in [0.25, 0.3) is 0 Å². The van der Waals surface area contributed by atoms with Crippen LogP contribution in [-0.2, 0) is 0 Å². The van der Waals surface area contributed by atoms with E-state index in [1.807, 2.05) is 12.3 Å². The Morgan fingerprint density at radius 1 is 1.53 bits per heavy atom. The van der Waals surface area contributed by atoms with Crippen LogP contribution in [0.4, 0.5) is 5.82 Å². The van der Waals surface area contributed by atoms with Crippen molar-refractivity contribution in [3.8, 4) is 0 Å². The lowest BCUT2D eigenvalue weighted by Crippen LogP contribution is -2.67. The molecule has 1 aromatic rings. The van der Waals surface area contributed by atoms with E-state index in [0.717, 1.165) is 30.4 Å². The molecule has 0 aromatic carbocycles. The summed E-state index contributed by atoms with van der Waals surface area (Å²) in [6.07, 6.45) is 4.65. The van der Waals surface area contributed by atoms with E-state index in [1.54, 1.807) is 18.1 Å². The minimum atomic E-state index is -0.00945. The van der Waals surface area contributed by atoms with Crippen molar-refractivity contribution >= 4 is 17.6 Å². The van der Waals surface area contributed by atoms with Gasteiger partial charge in [0.1, 0.15) is 17.2 Å². The quantitative estimate of drug-likeness (QED) is 0.616. The second-order valence-electron chi connectivity index (χ2n) is 3.99. The zero-order chi connectivity index (χ0) is 10.9. The number of anilines is 1. The molecule has 82 valence electrons. The molecule has 5 heteroatoms. The molecule has 1 aromatic heterocycles. The first-order chi connectivity index (χ1) is 7.17. The van der Waals surface area contributed by atoms with Crippen LogP contribution in [0.1, 0.15) is 13.3 Å². The van der Waals surface area contributed by atoms with Gasteiger partial charge in [0.2, 0.25) is 0 Å². The molecule has 0 saturated carbocycles. The minimum Gasteiger partial charge on any atom is -0.353 e. The van der Waals surface area contributed by atoms with Gasteiger partial charge < -0.3 is 10.6 Å². The van der Waals surface area contributed by atoms with Crippen molar-refractivity contribution in [3.05, 3.63) is 12.4 Å². The Labute approximate surface area is 94.3 Å². The Balaban J connectivity index is 2.06. The van der Waals surface area contributed by atoms with Crippen molar-refractivity contribution in [1.82, 2.24) is 9.97 Å². The topological polar surface area (TPSA) is 55.0 Å². The summed E-state index contributed by atoms with van der Waals surface area (Å²) in [5, 5.41) is 1.01. The first-order valence-electron chi connectivity index (χ1n) is 5.07. The average molecular weight is 224 g/mol. The molecule has 2 heterocycles. The van der Waals surface area contributed by atoms with Gasteiger partial charge in [-0.25, -0.2) is 9.97 Å². The highest BCUT2D eigenvalue weighted by Gasteiger charge is 2.38. The largest absolute Gasteiger partial charge is 0.353 e. The van der Waals surface area contributed by atoms with Crippen molar-refractivity contribution in [1.29, 1.82) is 0 Å². The number of hydrogen-bond donors (Lipinski definition) is 1. The van der Waals surface area contributed by atoms with Crippen LogP contribution in [0.15, 0.2) is 17.4 Å². The van der Waals surface area contributed by atoms with Crippen molar-refractivity contribution in [2.24, 2.45) is 5.73 Å². The second kappa shape index (κ2) is 3.98. The molecule has 0 spiro atoms. The standard InChI is InChI=1S/C10H16N4S/c1-3-10(11)5-14(6-10)8-4-9(15-2)13-7-12-8/h4,7H,3,5-6,11H2,1-2H3. The molecule has 2 N–H and O–H groups in total. The van der Waals surface area contributed by atoms with Crippen LogP contribution < -0.4 is 10.6 Å². The number of aromatic nitrogens is 2. The molecular weight excluding hydrogens is 208 g/mol. The maximum absolute atomic E-state index is 6.11. The van der Waals surface area contributed by atoms with Crippen molar-refractivity contribution in [3.63, 3.8) is 0 Å². The number of hydrogen-bond acceptors (Lipinski definition) is 5. The maximum atomic E-state index is 6.11. The fourth-order valence-electron chi connectivity index (χ4n) is 1.71. The lowest BCUT2D eigenvalue weighted by Gasteiger charge is -2.48. The number of nitrogens with two attached hydrogens (primary N) is 1. The minimum absolute atomic E-state index is 0.00945. The summed E-state index contributed by atoms with van der Waals surface area (Å²) in [6, 6.07) is 2.01. The SMILES string of the molecule is CCC1(N)CN(c2cc(SC)ncn2)C1. The molecule has 1 aliphatic rings. The summed E-state index contributed by atoms with van der Waals surface area (Å²) in [7, 11) is 0. The molecule has 2 rings (SSSR count). The van der Waals surface area contributed by atoms with E-state index in [4.69, 9.17) is 5.73 Å². The van der Waals surface area contributed by atoms with E-state index in [0.29, 0.717) is 0 Å². The Hall–Kier alpha value is -0.810. The Bertz CT molecular complexity index is 349. The molecule has 15 heavy (non-hydrogen) atoms. The zero-order valence-corrected chi connectivity index (χ0v) is 9.92. The highest BCUT2D eigenvalue weighted by molar-refractivity contribution is 7.98. The molecule has 1 aliphatic heterocycles. The van der Waals surface area contributed by atoms with Gasteiger partial charge in [-0.15, -0.1) is 11.8 Å². The molecule has 0 amide bonds. The summed E-state index contributed by atoms with van der Waals surface area (Å²) in [6.45, 7) is 3.92. The van der Waals surface area contributed by atoms with Crippen molar-refractivity contribution in [2.75, 3.05) is 24.2 Å². The normalized spacial score (nSPS) is 18.7. The van der Waals surface area contributed by atoms with E-state index in [-0.39, 0.29) is 5.54 Å². The van der Waals surface area contributed by atoms with Crippen LogP contribution in [0.3, 0.4) is 0 Å². The Morgan fingerprint density at radius 2 is 2.27 bits per heavy atom. The lowest BCUT2D eigenvalue weighted by molar-refractivity contribution is 0.320. The van der Waals surface area contributed by atoms with E-state index in [9.17, 15) is 0 Å². The molecule has 1 saturated heterocycles. The molecule has 0 bridgehead atoms. The average Bonchev–Trinajstić information content (AvgIpc) is 2.25. The highest BCUT2D eigenvalue weighted by atomic mass is 32.2. The van der Waals surface area contributed by atoms with Crippen molar-refractivity contribution < 1.29 is 0 Å². The Morgan fingerprint density at radius 3 is 2.87 bits per heavy atom. The molecule has 1 fully saturated rings. The first kappa shape index (κ1) is 10.7. The van der Waals surface area contributed by atoms with E-state index in [2.05, 4.69) is 21.8 Å². The van der Waals surface area contributed by atoms with Crippen LogP contribution in [-0.4, -0.2) is 34.9 Å². The lowest BCUT2D eigenvalue weighted by atomic mass is 9.88. The number of thioether (sulfide) groups is 1. The predicted molar refractivity (Wildman–Crippen MR) is 63.2 cm³/mol. The van der Waals surface area contributed by atoms with Crippen LogP contribution in [0, 0.1) is 0 Å². The summed E-state index contributed by atoms with van der Waals surface area (Å²) >= 11 is 1.63. The Kier molecular flexibility index (Phi) is 2.84. The van der Waals surface area contributed by atoms with Crippen LogP contribution in [0.2, 0.25) is 0 Å². The summed E-state index contributed by atoms with van der Waals surface area (Å²) < 4.78 is 0. The van der Waals surface area contributed by atoms with Gasteiger partial charge in [-0.1, -0.05) is 6.92 Å². The van der Waals surface area contributed by atoms with Crippen LogP contribution in [0.5, 0.6) is 0 Å². The molecule has 0 aliphatic carbocycles. The molecular formula is C10H16N4S. The van der Waals surface area contributed by atoms with Gasteiger partial charge in [-0.3, -0.25) is 0 Å². The van der Waals surface area contributed by atoms with E-state index < -0.39 is 0 Å². The molecule has 0 unspecified atom stereocenters. The second-order valence-corrected chi connectivity index (χ2v) is 4.82. The van der Waals surface area contributed by atoms with Gasteiger partial charge in [0.15, 0.2) is 0 Å². The monoisotopic (exact) mass is 224 g/mol. The van der Waals surface area contributed by atoms with Crippen molar-refractivity contribution in [2.45, 2.75) is 23.9 Å². The van der Waals surface area contributed by atoms with Gasteiger partial charge in [-0.05, 0) is 12.7 Å². The van der Waals surface area contributed by atoms with Gasteiger partial charge >= 0.3 is 0 Å². The van der Waals surface area contributed by atoms with E-state index >= 15 is 0 Å². The highest BCUT2D eigenvalue weighted by Crippen LogP contribution is 2.27. The summed E-state index contributed by atoms with van der Waals surface area (Å²) in [4.78, 5) is 10.6. The number of nitrogens with zero attached hydrogens (tertiary/aromatic N) is 3. The summed E-state index contributed by atoms with van der Waals surface area (Å²) in [5.74, 6) is 0.990. The fraction of sp³-hybridized carbons (Fsp3) is 0.600. The smallest absolute Gasteiger partial charge is 0.133 e. The van der Waals surface area contributed by atoms with Gasteiger partial charge in [-0.2, -0.15) is 0 Å². The third-order valence-corrected chi connectivity index (χ3v) is 3.52. The molecule has 0 radical (unpaired) electrons. The third-order valence-electron chi connectivity index (χ3n) is 2.88. The van der Waals surface area contributed by atoms with E-state index in [1.165, 1.54) is 0 Å². The fourth-order valence-corrected chi connectivity index (χ4v) is 2.09.